The van der Waals surface area contributed by atoms with Gasteiger partial charge in [-0.25, -0.2) is 9.97 Å². The Balaban J connectivity index is 1.52. The minimum Gasteiger partial charge on any atom is -0.377 e. The Morgan fingerprint density at radius 1 is 1.43 bits per heavy atom. The van der Waals surface area contributed by atoms with Crippen LogP contribution < -0.4 is 10.2 Å². The first-order chi connectivity index (χ1) is 10.3. The Bertz CT molecular complexity index is 553. The molecule has 21 heavy (non-hydrogen) atoms. The van der Waals surface area contributed by atoms with Crippen molar-refractivity contribution in [1.82, 2.24) is 20.1 Å². The number of piperidine rings is 1. The molecule has 1 fully saturated rings. The van der Waals surface area contributed by atoms with Crippen LogP contribution in [0.2, 0.25) is 0 Å². The number of ether oxygens (including phenoxy) is 1. The summed E-state index contributed by atoms with van der Waals surface area (Å²) in [6.07, 6.45) is 5.27. The highest BCUT2D eigenvalue weighted by Crippen LogP contribution is 2.20. The second kappa shape index (κ2) is 6.49. The van der Waals surface area contributed by atoms with Gasteiger partial charge < -0.3 is 19.5 Å². The van der Waals surface area contributed by atoms with Crippen molar-refractivity contribution in [3.63, 3.8) is 0 Å². The van der Waals surface area contributed by atoms with Gasteiger partial charge >= 0.3 is 6.01 Å². The smallest absolute Gasteiger partial charge is 0.324 e. The Kier molecular flexibility index (Phi) is 4.25. The Morgan fingerprint density at radius 3 is 3.00 bits per heavy atom. The fourth-order valence-electron chi connectivity index (χ4n) is 2.36. The Morgan fingerprint density at radius 2 is 2.29 bits per heavy atom. The molecule has 1 aliphatic rings. The zero-order valence-electron chi connectivity index (χ0n) is 11.9. The minimum atomic E-state index is 0.370. The van der Waals surface area contributed by atoms with Crippen molar-refractivity contribution in [3.05, 3.63) is 24.4 Å². The average molecular weight is 290 g/mol. The third-order valence-corrected chi connectivity index (χ3v) is 3.43. The number of hydrogen-bond acceptors (Lipinski definition) is 8. The first-order valence-corrected chi connectivity index (χ1v) is 6.94. The molecule has 0 aromatic carbocycles. The van der Waals surface area contributed by atoms with Crippen molar-refractivity contribution >= 4 is 11.8 Å². The molecule has 8 heteroatoms. The summed E-state index contributed by atoms with van der Waals surface area (Å²) in [5.74, 6) is 1.44. The summed E-state index contributed by atoms with van der Waals surface area (Å²) in [7, 11) is 1.61. The molecule has 8 nitrogen and oxygen atoms in total. The summed E-state index contributed by atoms with van der Waals surface area (Å²) in [5.41, 5.74) is 0. The third-order valence-electron chi connectivity index (χ3n) is 3.43. The van der Waals surface area contributed by atoms with Crippen LogP contribution in [0.5, 0.6) is 0 Å². The van der Waals surface area contributed by atoms with Gasteiger partial charge in [-0.15, -0.1) is 0 Å². The van der Waals surface area contributed by atoms with E-state index in [4.69, 9.17) is 9.26 Å². The van der Waals surface area contributed by atoms with Crippen LogP contribution in [0.1, 0.15) is 18.7 Å². The molecule has 0 bridgehead atoms. The van der Waals surface area contributed by atoms with E-state index in [2.05, 4.69) is 30.3 Å². The van der Waals surface area contributed by atoms with E-state index < -0.39 is 0 Å². The van der Waals surface area contributed by atoms with Gasteiger partial charge in [-0.05, 0) is 18.9 Å². The normalized spacial score (nSPS) is 16.1. The molecule has 2 aromatic rings. The van der Waals surface area contributed by atoms with Crippen LogP contribution in [-0.4, -0.2) is 46.3 Å². The highest BCUT2D eigenvalue weighted by atomic mass is 16.5. The maximum absolute atomic E-state index is 5.25. The predicted octanol–water partition coefficient (Wildman–Crippen LogP) is 1.09. The molecule has 0 aliphatic carbocycles. The van der Waals surface area contributed by atoms with E-state index in [0.29, 0.717) is 24.5 Å². The number of rotatable bonds is 5. The lowest BCUT2D eigenvalue weighted by Crippen LogP contribution is -2.39. The second-order valence-electron chi connectivity index (χ2n) is 4.93. The molecule has 2 aromatic heterocycles. The fourth-order valence-corrected chi connectivity index (χ4v) is 2.36. The van der Waals surface area contributed by atoms with Crippen LogP contribution in [0, 0.1) is 0 Å². The van der Waals surface area contributed by atoms with E-state index in [-0.39, 0.29) is 0 Å². The molecule has 0 spiro atoms. The summed E-state index contributed by atoms with van der Waals surface area (Å²) >= 11 is 0. The summed E-state index contributed by atoms with van der Waals surface area (Å²) < 4.78 is 10.2. The van der Waals surface area contributed by atoms with E-state index in [0.717, 1.165) is 31.7 Å². The topological polar surface area (TPSA) is 89.2 Å². The largest absolute Gasteiger partial charge is 0.377 e. The maximum atomic E-state index is 5.25. The molecule has 0 radical (unpaired) electrons. The van der Waals surface area contributed by atoms with E-state index in [9.17, 15) is 0 Å². The number of aromatic nitrogens is 4. The third kappa shape index (κ3) is 3.46. The molecule has 112 valence electrons. The SMILES string of the molecule is COCc1noc(N2CCC(Nc3ccncn3)CC2)n1. The zero-order valence-corrected chi connectivity index (χ0v) is 11.9. The van der Waals surface area contributed by atoms with Gasteiger partial charge in [0.25, 0.3) is 0 Å². The van der Waals surface area contributed by atoms with Gasteiger partial charge in [-0.3, -0.25) is 0 Å². The highest BCUT2D eigenvalue weighted by Gasteiger charge is 2.23. The van der Waals surface area contributed by atoms with E-state index in [1.165, 1.54) is 0 Å². The van der Waals surface area contributed by atoms with Gasteiger partial charge in [0, 0.05) is 32.4 Å². The summed E-state index contributed by atoms with van der Waals surface area (Å²) in [6, 6.07) is 2.85. The lowest BCUT2D eigenvalue weighted by Gasteiger charge is -2.31. The number of nitrogens with zero attached hydrogens (tertiary/aromatic N) is 5. The van der Waals surface area contributed by atoms with Gasteiger partial charge in [-0.1, -0.05) is 5.16 Å². The number of hydrogen-bond donors (Lipinski definition) is 1. The molecule has 0 saturated carbocycles. The van der Waals surface area contributed by atoms with E-state index in [1.54, 1.807) is 19.6 Å². The molecule has 0 atom stereocenters. The maximum Gasteiger partial charge on any atom is 0.324 e. The van der Waals surface area contributed by atoms with Crippen molar-refractivity contribution in [1.29, 1.82) is 0 Å². The van der Waals surface area contributed by atoms with Crippen LogP contribution in [0.4, 0.5) is 11.8 Å². The van der Waals surface area contributed by atoms with Gasteiger partial charge in [-0.2, -0.15) is 4.98 Å². The van der Waals surface area contributed by atoms with Crippen molar-refractivity contribution < 1.29 is 9.26 Å². The molecular formula is C13H18N6O2. The summed E-state index contributed by atoms with van der Waals surface area (Å²) in [4.78, 5) is 14.5. The van der Waals surface area contributed by atoms with Crippen LogP contribution in [0.3, 0.4) is 0 Å². The first kappa shape index (κ1) is 13.7. The molecule has 0 unspecified atom stereocenters. The van der Waals surface area contributed by atoms with Gasteiger partial charge in [0.15, 0.2) is 5.82 Å². The number of nitrogens with one attached hydrogen (secondary N) is 1. The van der Waals surface area contributed by atoms with Crippen molar-refractivity contribution in [2.75, 3.05) is 30.4 Å². The summed E-state index contributed by atoms with van der Waals surface area (Å²) in [6.45, 7) is 2.12. The molecule has 3 heterocycles. The molecule has 1 aliphatic heterocycles. The fraction of sp³-hybridized carbons (Fsp3) is 0.538. The van der Waals surface area contributed by atoms with Crippen LogP contribution in [0.15, 0.2) is 23.1 Å². The van der Waals surface area contributed by atoms with E-state index >= 15 is 0 Å². The van der Waals surface area contributed by atoms with Gasteiger partial charge in [0.2, 0.25) is 0 Å². The van der Waals surface area contributed by atoms with Crippen LogP contribution in [0.25, 0.3) is 0 Å². The standard InChI is InChI=1S/C13H18N6O2/c1-20-8-12-17-13(21-18-12)19-6-3-10(4-7-19)16-11-2-5-14-9-15-11/h2,5,9-10H,3-4,6-8H2,1H3,(H,14,15,16). The van der Waals surface area contributed by atoms with Crippen LogP contribution >= 0.6 is 0 Å². The molecule has 3 rings (SSSR count). The minimum absolute atomic E-state index is 0.370. The van der Waals surface area contributed by atoms with Gasteiger partial charge in [0.1, 0.15) is 18.8 Å². The van der Waals surface area contributed by atoms with Crippen molar-refractivity contribution in [3.8, 4) is 0 Å². The van der Waals surface area contributed by atoms with Gasteiger partial charge in [0.05, 0.1) is 0 Å². The molecule has 0 amide bonds. The Hall–Kier alpha value is -2.22. The predicted molar refractivity (Wildman–Crippen MR) is 75.9 cm³/mol. The lowest BCUT2D eigenvalue weighted by atomic mass is 10.1. The first-order valence-electron chi connectivity index (χ1n) is 6.94. The van der Waals surface area contributed by atoms with Crippen LogP contribution in [-0.2, 0) is 11.3 Å². The monoisotopic (exact) mass is 290 g/mol. The van der Waals surface area contributed by atoms with E-state index in [1.807, 2.05) is 6.07 Å². The average Bonchev–Trinajstić information content (AvgIpc) is 2.98. The lowest BCUT2D eigenvalue weighted by molar-refractivity contribution is 0.174. The zero-order chi connectivity index (χ0) is 14.5. The van der Waals surface area contributed by atoms with Crippen molar-refractivity contribution in [2.24, 2.45) is 0 Å². The molecular weight excluding hydrogens is 272 g/mol. The Labute approximate surface area is 122 Å². The number of anilines is 2. The van der Waals surface area contributed by atoms with Crippen molar-refractivity contribution in [2.45, 2.75) is 25.5 Å². The quantitative estimate of drug-likeness (QED) is 0.875. The summed E-state index contributed by atoms with van der Waals surface area (Å²) in [5, 5.41) is 7.30. The molecule has 1 saturated heterocycles. The second-order valence-corrected chi connectivity index (χ2v) is 4.93. The highest BCUT2D eigenvalue weighted by molar-refractivity contribution is 5.34. The number of methoxy groups -OCH3 is 1. The molecule has 1 N–H and O–H groups in total.